The first-order valence-electron chi connectivity index (χ1n) is 7.14. The number of hydrogen-bond donors (Lipinski definition) is 1. The molecule has 1 aromatic heterocycles. The van der Waals surface area contributed by atoms with E-state index in [-0.39, 0.29) is 17.2 Å². The molecule has 7 nitrogen and oxygen atoms in total. The van der Waals surface area contributed by atoms with E-state index in [4.69, 9.17) is 5.11 Å². The number of aryl methyl sites for hydroxylation is 2. The van der Waals surface area contributed by atoms with Crippen LogP contribution in [0.3, 0.4) is 0 Å². The predicted molar refractivity (Wildman–Crippen MR) is 75.9 cm³/mol. The molecule has 112 valence electrons. The molecule has 2 heterocycles. The zero-order chi connectivity index (χ0) is 14.7. The van der Waals surface area contributed by atoms with Crippen molar-refractivity contribution in [1.82, 2.24) is 9.78 Å². The van der Waals surface area contributed by atoms with Crippen molar-refractivity contribution in [3.63, 3.8) is 0 Å². The van der Waals surface area contributed by atoms with Crippen molar-refractivity contribution in [2.24, 2.45) is 13.0 Å². The molecule has 7 heteroatoms. The van der Waals surface area contributed by atoms with Crippen LogP contribution in [0.15, 0.2) is 0 Å². The van der Waals surface area contributed by atoms with Crippen LogP contribution < -0.4 is 4.90 Å². The van der Waals surface area contributed by atoms with Gasteiger partial charge in [0.25, 0.3) is 0 Å². The maximum atomic E-state index is 11.4. The smallest absolute Gasteiger partial charge is 0.334 e. The maximum Gasteiger partial charge on any atom is 0.334 e. The Labute approximate surface area is 118 Å². The number of aliphatic hydroxyl groups is 1. The second-order valence-electron chi connectivity index (χ2n) is 5.36. The van der Waals surface area contributed by atoms with E-state index in [0.717, 1.165) is 32.4 Å². The van der Waals surface area contributed by atoms with Gasteiger partial charge in [0.05, 0.1) is 4.92 Å². The van der Waals surface area contributed by atoms with Gasteiger partial charge in [-0.25, -0.2) is 4.68 Å². The zero-order valence-electron chi connectivity index (χ0n) is 12.1. The second-order valence-corrected chi connectivity index (χ2v) is 5.36. The SMILES string of the molecule is CCCc1nn(C)c(N2CCC(CCO)C2)c1[N+](=O)[O-]. The van der Waals surface area contributed by atoms with E-state index in [2.05, 4.69) is 5.10 Å². The van der Waals surface area contributed by atoms with Crippen molar-refractivity contribution < 1.29 is 10.0 Å². The Bertz CT molecular complexity index is 486. The molecule has 1 fully saturated rings. The molecule has 1 aromatic rings. The van der Waals surface area contributed by atoms with Gasteiger partial charge in [-0.15, -0.1) is 0 Å². The van der Waals surface area contributed by atoms with Crippen molar-refractivity contribution in [3.8, 4) is 0 Å². The topological polar surface area (TPSA) is 84.4 Å². The molecule has 1 saturated heterocycles. The highest BCUT2D eigenvalue weighted by Gasteiger charge is 2.33. The Kier molecular flexibility index (Phi) is 4.59. The van der Waals surface area contributed by atoms with Crippen molar-refractivity contribution >= 4 is 11.5 Å². The van der Waals surface area contributed by atoms with Crippen LogP contribution in [-0.2, 0) is 13.5 Å². The van der Waals surface area contributed by atoms with Crippen molar-refractivity contribution in [2.45, 2.75) is 32.6 Å². The van der Waals surface area contributed by atoms with Crippen molar-refractivity contribution in [2.75, 3.05) is 24.6 Å². The van der Waals surface area contributed by atoms with Crippen LogP contribution in [0.1, 0.15) is 31.9 Å². The van der Waals surface area contributed by atoms with Crippen molar-refractivity contribution in [1.29, 1.82) is 0 Å². The maximum absolute atomic E-state index is 11.4. The lowest BCUT2D eigenvalue weighted by Crippen LogP contribution is -2.23. The van der Waals surface area contributed by atoms with Gasteiger partial charge in [-0.05, 0) is 25.2 Å². The molecule has 0 aliphatic carbocycles. The van der Waals surface area contributed by atoms with E-state index < -0.39 is 0 Å². The molecular formula is C13H22N4O3. The fraction of sp³-hybridized carbons (Fsp3) is 0.769. The monoisotopic (exact) mass is 282 g/mol. The van der Waals surface area contributed by atoms with E-state index in [1.807, 2.05) is 11.8 Å². The third kappa shape index (κ3) is 2.77. The van der Waals surface area contributed by atoms with Gasteiger partial charge in [0.2, 0.25) is 5.82 Å². The lowest BCUT2D eigenvalue weighted by molar-refractivity contribution is -0.384. The number of anilines is 1. The molecule has 0 amide bonds. The van der Waals surface area contributed by atoms with E-state index in [0.29, 0.717) is 23.9 Å². The Morgan fingerprint density at radius 1 is 1.55 bits per heavy atom. The summed E-state index contributed by atoms with van der Waals surface area (Å²) >= 11 is 0. The van der Waals surface area contributed by atoms with Gasteiger partial charge in [-0.3, -0.25) is 10.1 Å². The Hall–Kier alpha value is -1.63. The number of hydrogen-bond acceptors (Lipinski definition) is 5. The van der Waals surface area contributed by atoms with Gasteiger partial charge >= 0.3 is 5.69 Å². The van der Waals surface area contributed by atoms with Crippen LogP contribution in [0.2, 0.25) is 0 Å². The summed E-state index contributed by atoms with van der Waals surface area (Å²) < 4.78 is 1.63. The van der Waals surface area contributed by atoms with Gasteiger partial charge in [-0.1, -0.05) is 13.3 Å². The van der Waals surface area contributed by atoms with Crippen LogP contribution in [0.25, 0.3) is 0 Å². The van der Waals surface area contributed by atoms with Crippen LogP contribution in [0, 0.1) is 16.0 Å². The summed E-state index contributed by atoms with van der Waals surface area (Å²) in [7, 11) is 1.76. The highest BCUT2D eigenvalue weighted by Crippen LogP contribution is 2.35. The molecule has 1 aliphatic rings. The normalized spacial score (nSPS) is 18.8. The first-order chi connectivity index (χ1) is 9.58. The van der Waals surface area contributed by atoms with E-state index in [9.17, 15) is 10.1 Å². The first-order valence-corrected chi connectivity index (χ1v) is 7.14. The Balaban J connectivity index is 2.29. The fourth-order valence-electron chi connectivity index (χ4n) is 2.95. The summed E-state index contributed by atoms with van der Waals surface area (Å²) in [6.45, 7) is 3.71. The Morgan fingerprint density at radius 3 is 2.90 bits per heavy atom. The average Bonchev–Trinajstić information content (AvgIpc) is 2.94. The minimum atomic E-state index is -0.313. The van der Waals surface area contributed by atoms with E-state index >= 15 is 0 Å². The molecule has 0 radical (unpaired) electrons. The molecule has 20 heavy (non-hydrogen) atoms. The third-order valence-electron chi connectivity index (χ3n) is 3.85. The molecule has 1 unspecified atom stereocenters. The largest absolute Gasteiger partial charge is 0.396 e. The lowest BCUT2D eigenvalue weighted by Gasteiger charge is -2.17. The lowest BCUT2D eigenvalue weighted by atomic mass is 10.1. The fourth-order valence-corrected chi connectivity index (χ4v) is 2.95. The summed E-state index contributed by atoms with van der Waals surface area (Å²) in [5.41, 5.74) is 0.722. The summed E-state index contributed by atoms with van der Waals surface area (Å²) in [6.07, 6.45) is 3.18. The molecule has 0 aromatic carbocycles. The number of nitrogens with zero attached hydrogens (tertiary/aromatic N) is 4. The molecule has 0 spiro atoms. The van der Waals surface area contributed by atoms with Gasteiger partial charge in [0.1, 0.15) is 5.69 Å². The van der Waals surface area contributed by atoms with E-state index in [1.54, 1.807) is 11.7 Å². The van der Waals surface area contributed by atoms with Crippen LogP contribution >= 0.6 is 0 Å². The minimum Gasteiger partial charge on any atom is -0.396 e. The first kappa shape index (κ1) is 14.8. The van der Waals surface area contributed by atoms with Crippen LogP contribution in [0.4, 0.5) is 11.5 Å². The van der Waals surface area contributed by atoms with Gasteiger partial charge in [-0.2, -0.15) is 5.10 Å². The summed E-state index contributed by atoms with van der Waals surface area (Å²) in [4.78, 5) is 13.1. The number of nitro groups is 1. The molecular weight excluding hydrogens is 260 g/mol. The minimum absolute atomic E-state index is 0.152. The second kappa shape index (κ2) is 6.21. The number of aromatic nitrogens is 2. The van der Waals surface area contributed by atoms with Gasteiger partial charge in [0, 0.05) is 26.7 Å². The van der Waals surface area contributed by atoms with Gasteiger partial charge < -0.3 is 10.0 Å². The van der Waals surface area contributed by atoms with Crippen LogP contribution in [0.5, 0.6) is 0 Å². The standard InChI is InChI=1S/C13H22N4O3/c1-3-4-11-12(17(19)20)13(15(2)14-11)16-7-5-10(9-16)6-8-18/h10,18H,3-9H2,1-2H3. The summed E-state index contributed by atoms with van der Waals surface area (Å²) in [6, 6.07) is 0. The highest BCUT2D eigenvalue weighted by atomic mass is 16.6. The molecule has 0 bridgehead atoms. The van der Waals surface area contributed by atoms with Crippen LogP contribution in [-0.4, -0.2) is 39.5 Å². The average molecular weight is 282 g/mol. The van der Waals surface area contributed by atoms with Crippen molar-refractivity contribution in [3.05, 3.63) is 15.8 Å². The molecule has 1 N–H and O–H groups in total. The van der Waals surface area contributed by atoms with Gasteiger partial charge in [0.15, 0.2) is 0 Å². The van der Waals surface area contributed by atoms with E-state index in [1.165, 1.54) is 0 Å². The molecule has 2 rings (SSSR count). The summed E-state index contributed by atoms with van der Waals surface area (Å²) in [5, 5.41) is 24.7. The molecule has 0 saturated carbocycles. The summed E-state index contributed by atoms with van der Waals surface area (Å²) in [5.74, 6) is 1.02. The highest BCUT2D eigenvalue weighted by molar-refractivity contribution is 5.62. The molecule has 1 atom stereocenters. The zero-order valence-corrected chi connectivity index (χ0v) is 12.1. The molecule has 1 aliphatic heterocycles. The Morgan fingerprint density at radius 2 is 2.30 bits per heavy atom. The number of aliphatic hydroxyl groups excluding tert-OH is 1. The predicted octanol–water partition coefficient (Wildman–Crippen LogP) is 1.49. The number of rotatable bonds is 6. The quantitative estimate of drug-likeness (QED) is 0.631. The third-order valence-corrected chi connectivity index (χ3v) is 3.85.